The van der Waals surface area contributed by atoms with Gasteiger partial charge in [-0.15, -0.1) is 0 Å². The van der Waals surface area contributed by atoms with Crippen LogP contribution in [0.1, 0.15) is 17.6 Å². The van der Waals surface area contributed by atoms with Crippen LogP contribution in [-0.4, -0.2) is 24.8 Å². The van der Waals surface area contributed by atoms with Crippen molar-refractivity contribution in [2.45, 2.75) is 13.0 Å². The highest BCUT2D eigenvalue weighted by molar-refractivity contribution is 5.45. The van der Waals surface area contributed by atoms with Crippen molar-refractivity contribution < 1.29 is 13.5 Å². The molecule has 0 aliphatic heterocycles. The van der Waals surface area contributed by atoms with E-state index in [0.29, 0.717) is 5.75 Å². The van der Waals surface area contributed by atoms with Crippen molar-refractivity contribution >= 4 is 0 Å². The van der Waals surface area contributed by atoms with Crippen LogP contribution in [0.25, 0.3) is 5.69 Å². The zero-order valence-corrected chi connectivity index (χ0v) is 12.6. The predicted molar refractivity (Wildman–Crippen MR) is 80.1 cm³/mol. The molecule has 3 rings (SSSR count). The molecule has 0 spiro atoms. The molecule has 0 fully saturated rings. The molecule has 124 valence electrons. The molecule has 0 saturated heterocycles. The minimum Gasteiger partial charge on any atom is -0.489 e. The number of nitrogens with zero attached hydrogens (tertiary/aromatic N) is 5. The number of aromatic nitrogens is 5. The fourth-order valence-electron chi connectivity index (χ4n) is 2.21. The van der Waals surface area contributed by atoms with Gasteiger partial charge in [-0.1, -0.05) is 12.1 Å². The Morgan fingerprint density at radius 3 is 2.54 bits per heavy atom. The molecule has 0 aliphatic carbocycles. The fraction of sp³-hybridized carbons (Fsp3) is 0.200. The third kappa shape index (κ3) is 3.00. The van der Waals surface area contributed by atoms with Crippen LogP contribution in [0, 0.1) is 0 Å². The Morgan fingerprint density at radius 1 is 1.17 bits per heavy atom. The van der Waals surface area contributed by atoms with E-state index in [-0.39, 0.29) is 23.4 Å². The van der Waals surface area contributed by atoms with Gasteiger partial charge in [0.05, 0.1) is 5.69 Å². The molecule has 0 amide bonds. The summed E-state index contributed by atoms with van der Waals surface area (Å²) < 4.78 is 34.3. The second-order valence-electron chi connectivity index (χ2n) is 4.91. The van der Waals surface area contributed by atoms with Gasteiger partial charge in [-0.05, 0) is 28.6 Å². The summed E-state index contributed by atoms with van der Waals surface area (Å²) in [5.41, 5.74) is -0.377. The second kappa shape index (κ2) is 6.57. The van der Waals surface area contributed by atoms with Crippen molar-refractivity contribution in [2.24, 2.45) is 7.05 Å². The molecule has 0 radical (unpaired) electrons. The number of hydrogen-bond acceptors (Lipinski definition) is 5. The van der Waals surface area contributed by atoms with Crippen molar-refractivity contribution in [2.75, 3.05) is 0 Å². The van der Waals surface area contributed by atoms with Crippen LogP contribution in [-0.2, 0) is 13.7 Å². The normalized spacial score (nSPS) is 11.0. The Balaban J connectivity index is 2.04. The maximum absolute atomic E-state index is 13.4. The number of halogens is 2. The summed E-state index contributed by atoms with van der Waals surface area (Å²) in [7, 11) is 1.43. The first-order valence-electron chi connectivity index (χ1n) is 7.00. The minimum absolute atomic E-state index is 0.150. The van der Waals surface area contributed by atoms with Gasteiger partial charge in [-0.3, -0.25) is 4.98 Å². The summed E-state index contributed by atoms with van der Waals surface area (Å²) >= 11 is 0. The first kappa shape index (κ1) is 15.8. The van der Waals surface area contributed by atoms with Crippen molar-refractivity contribution in [3.8, 4) is 11.4 Å². The van der Waals surface area contributed by atoms with Crippen molar-refractivity contribution in [3.05, 3.63) is 64.3 Å². The Labute approximate surface area is 135 Å². The third-order valence-corrected chi connectivity index (χ3v) is 3.41. The van der Waals surface area contributed by atoms with E-state index in [0.717, 1.165) is 9.36 Å². The highest BCUT2D eigenvalue weighted by atomic mass is 19.3. The van der Waals surface area contributed by atoms with E-state index in [1.54, 1.807) is 12.1 Å². The summed E-state index contributed by atoms with van der Waals surface area (Å²) in [6.07, 6.45) is 0.346. The third-order valence-electron chi connectivity index (χ3n) is 3.41. The Bertz CT molecular complexity index is 892. The van der Waals surface area contributed by atoms with Crippen LogP contribution >= 0.6 is 0 Å². The first-order valence-corrected chi connectivity index (χ1v) is 7.00. The van der Waals surface area contributed by atoms with Gasteiger partial charge >= 0.3 is 5.69 Å². The van der Waals surface area contributed by atoms with Crippen molar-refractivity contribution in [1.29, 1.82) is 0 Å². The molecule has 3 aromatic rings. The lowest BCUT2D eigenvalue weighted by Crippen LogP contribution is -2.23. The Hall–Kier alpha value is -3.10. The van der Waals surface area contributed by atoms with Gasteiger partial charge in [0.25, 0.3) is 6.43 Å². The molecule has 24 heavy (non-hydrogen) atoms. The highest BCUT2D eigenvalue weighted by Crippen LogP contribution is 2.28. The highest BCUT2D eigenvalue weighted by Gasteiger charge is 2.20. The lowest BCUT2D eigenvalue weighted by Gasteiger charge is -2.14. The zero-order chi connectivity index (χ0) is 17.1. The molecule has 2 aromatic heterocycles. The number of alkyl halides is 2. The summed E-state index contributed by atoms with van der Waals surface area (Å²) in [6.45, 7) is -0.150. The number of pyridine rings is 1. The number of hydrogen-bond donors (Lipinski definition) is 0. The lowest BCUT2D eigenvalue weighted by atomic mass is 10.1. The Morgan fingerprint density at radius 2 is 1.92 bits per heavy atom. The minimum atomic E-state index is -2.71. The maximum atomic E-state index is 13.4. The second-order valence-corrected chi connectivity index (χ2v) is 4.91. The van der Waals surface area contributed by atoms with Gasteiger partial charge < -0.3 is 4.74 Å². The van der Waals surface area contributed by atoms with E-state index in [4.69, 9.17) is 4.74 Å². The molecule has 9 heteroatoms. The maximum Gasteiger partial charge on any atom is 0.368 e. The Kier molecular flexibility index (Phi) is 4.32. The number of aryl methyl sites for hydroxylation is 1. The molecule has 0 unspecified atom stereocenters. The predicted octanol–water partition coefficient (Wildman–Crippen LogP) is 1.88. The number of tetrazole rings is 1. The van der Waals surface area contributed by atoms with E-state index < -0.39 is 12.1 Å². The monoisotopic (exact) mass is 333 g/mol. The van der Waals surface area contributed by atoms with Crippen LogP contribution in [0.15, 0.2) is 47.5 Å². The summed E-state index contributed by atoms with van der Waals surface area (Å²) in [6, 6.07) is 7.47. The topological polar surface area (TPSA) is 74.8 Å². The van der Waals surface area contributed by atoms with Crippen LogP contribution in [0.3, 0.4) is 0 Å². The van der Waals surface area contributed by atoms with Crippen molar-refractivity contribution in [1.82, 2.24) is 24.8 Å². The van der Waals surface area contributed by atoms with Gasteiger partial charge in [0.1, 0.15) is 12.4 Å². The number of rotatable bonds is 5. The zero-order valence-electron chi connectivity index (χ0n) is 12.6. The average Bonchev–Trinajstić information content (AvgIpc) is 2.92. The standard InChI is InChI=1S/C15H13F2N5O2/c1-21-15(23)22(20-19-21)13-4-2-3-11(14(16)17)12(13)9-24-10-5-7-18-8-6-10/h2-8,14H,9H2,1H3. The van der Waals surface area contributed by atoms with Crippen molar-refractivity contribution in [3.63, 3.8) is 0 Å². The SMILES string of the molecule is Cn1nnn(-c2cccc(C(F)F)c2COc2ccncc2)c1=O. The van der Waals surface area contributed by atoms with E-state index in [9.17, 15) is 13.6 Å². The van der Waals surface area contributed by atoms with Gasteiger partial charge in [0.2, 0.25) is 0 Å². The summed E-state index contributed by atoms with van der Waals surface area (Å²) in [5, 5.41) is 7.32. The van der Waals surface area contributed by atoms with Gasteiger partial charge in [0, 0.05) is 30.6 Å². The molecular formula is C15H13F2N5O2. The molecule has 0 aliphatic rings. The van der Waals surface area contributed by atoms with E-state index in [1.807, 2.05) is 0 Å². The molecule has 2 heterocycles. The quantitative estimate of drug-likeness (QED) is 0.713. The van der Waals surface area contributed by atoms with Crippen LogP contribution in [0.4, 0.5) is 8.78 Å². The van der Waals surface area contributed by atoms with E-state index in [2.05, 4.69) is 15.4 Å². The van der Waals surface area contributed by atoms with Crippen LogP contribution in [0.5, 0.6) is 5.75 Å². The van der Waals surface area contributed by atoms with Gasteiger partial charge in [0.15, 0.2) is 0 Å². The van der Waals surface area contributed by atoms with Crippen LogP contribution < -0.4 is 10.4 Å². The van der Waals surface area contributed by atoms with E-state index >= 15 is 0 Å². The summed E-state index contributed by atoms with van der Waals surface area (Å²) in [4.78, 5) is 15.9. The molecule has 0 N–H and O–H groups in total. The average molecular weight is 333 g/mol. The van der Waals surface area contributed by atoms with Crippen LogP contribution in [0.2, 0.25) is 0 Å². The first-order chi connectivity index (χ1) is 11.6. The van der Waals surface area contributed by atoms with Gasteiger partial charge in [-0.2, -0.15) is 9.36 Å². The summed E-state index contributed by atoms with van der Waals surface area (Å²) in [5.74, 6) is 0.478. The number of benzene rings is 1. The fourth-order valence-corrected chi connectivity index (χ4v) is 2.21. The molecule has 1 aromatic carbocycles. The molecule has 0 bridgehead atoms. The molecule has 7 nitrogen and oxygen atoms in total. The van der Waals surface area contributed by atoms with Gasteiger partial charge in [-0.25, -0.2) is 13.6 Å². The lowest BCUT2D eigenvalue weighted by molar-refractivity contribution is 0.148. The largest absolute Gasteiger partial charge is 0.489 e. The smallest absolute Gasteiger partial charge is 0.368 e. The molecular weight excluding hydrogens is 320 g/mol. The number of ether oxygens (including phenoxy) is 1. The molecule has 0 saturated carbocycles. The molecule has 0 atom stereocenters. The van der Waals surface area contributed by atoms with E-state index in [1.165, 1.54) is 37.6 Å².